The van der Waals surface area contributed by atoms with Gasteiger partial charge in [0.05, 0.1) is 0 Å². The van der Waals surface area contributed by atoms with Crippen molar-refractivity contribution >= 4 is 22.3 Å². The van der Waals surface area contributed by atoms with Gasteiger partial charge in [0.25, 0.3) is 0 Å². The third-order valence-electron chi connectivity index (χ3n) is 5.66. The molecule has 3 aromatic carbocycles. The third-order valence-corrected chi connectivity index (χ3v) is 5.66. The topological polar surface area (TPSA) is 32.3 Å². The molecule has 0 fully saturated rings. The Hall–Kier alpha value is -3.38. The minimum absolute atomic E-state index is 0.0386. The van der Waals surface area contributed by atoms with Gasteiger partial charge in [0.2, 0.25) is 0 Å². The Bertz CT molecular complexity index is 1180. The molecule has 0 radical (unpaired) electrons. The summed E-state index contributed by atoms with van der Waals surface area (Å²) in [4.78, 5) is 12.5. The number of hydrogen-bond acceptors (Lipinski definition) is 2. The number of halogens is 3. The summed E-state index contributed by atoms with van der Waals surface area (Å²) in [5.74, 6) is -1.86. The Kier molecular flexibility index (Phi) is 6.15. The standard InChI is InChI=1S/C26H23F3N2O/c1-18(22-13-7-11-20-10-5-6-12-24(20)22)30-16-21-17-31(25(32)26(27,28)29)15-14-23(21)19-8-3-2-4-9-19/h2-15,18,30H,16-17H2,1H3/t18-/m1/s1. The van der Waals surface area contributed by atoms with Crippen LogP contribution in [0, 0.1) is 0 Å². The van der Waals surface area contributed by atoms with E-state index in [1.807, 2.05) is 73.7 Å². The summed E-state index contributed by atoms with van der Waals surface area (Å²) >= 11 is 0. The van der Waals surface area contributed by atoms with E-state index < -0.39 is 12.1 Å². The Labute approximate surface area is 184 Å². The minimum Gasteiger partial charge on any atom is -0.307 e. The van der Waals surface area contributed by atoms with E-state index in [1.54, 1.807) is 6.08 Å². The zero-order chi connectivity index (χ0) is 22.7. The zero-order valence-corrected chi connectivity index (χ0v) is 17.6. The summed E-state index contributed by atoms with van der Waals surface area (Å²) in [6.07, 6.45) is -2.11. The monoisotopic (exact) mass is 436 g/mol. The summed E-state index contributed by atoms with van der Waals surface area (Å²) in [7, 11) is 0. The number of benzene rings is 3. The number of nitrogens with zero attached hydrogens (tertiary/aromatic N) is 1. The van der Waals surface area contributed by atoms with Gasteiger partial charge >= 0.3 is 12.1 Å². The molecule has 164 valence electrons. The van der Waals surface area contributed by atoms with Crippen molar-refractivity contribution in [1.82, 2.24) is 10.2 Å². The van der Waals surface area contributed by atoms with Gasteiger partial charge in [-0.05, 0) is 46.0 Å². The largest absolute Gasteiger partial charge is 0.471 e. The number of carbonyl (C=O) groups excluding carboxylic acids is 1. The molecule has 6 heteroatoms. The molecule has 0 bridgehead atoms. The lowest BCUT2D eigenvalue weighted by Crippen LogP contribution is -2.41. The summed E-state index contributed by atoms with van der Waals surface area (Å²) in [6, 6.07) is 23.6. The van der Waals surface area contributed by atoms with Crippen molar-refractivity contribution in [1.29, 1.82) is 0 Å². The molecule has 1 aliphatic rings. The van der Waals surface area contributed by atoms with Gasteiger partial charge in [-0.1, -0.05) is 72.8 Å². The summed E-state index contributed by atoms with van der Waals surface area (Å²) in [5.41, 5.74) is 3.56. The Balaban J connectivity index is 1.61. The quantitative estimate of drug-likeness (QED) is 0.543. The molecule has 0 saturated carbocycles. The lowest BCUT2D eigenvalue weighted by Gasteiger charge is -2.28. The molecule has 1 atom stereocenters. The number of amides is 1. The van der Waals surface area contributed by atoms with Crippen LogP contribution in [0.5, 0.6) is 0 Å². The number of nitrogens with one attached hydrogen (secondary N) is 1. The maximum absolute atomic E-state index is 13.0. The zero-order valence-electron chi connectivity index (χ0n) is 17.6. The molecular formula is C26H23F3N2O. The van der Waals surface area contributed by atoms with Gasteiger partial charge in [-0.2, -0.15) is 13.2 Å². The number of alkyl halides is 3. The second-order valence-electron chi connectivity index (χ2n) is 7.80. The number of rotatable bonds is 5. The van der Waals surface area contributed by atoms with Crippen molar-refractivity contribution in [2.24, 2.45) is 0 Å². The predicted octanol–water partition coefficient (Wildman–Crippen LogP) is 5.86. The lowest BCUT2D eigenvalue weighted by molar-refractivity contribution is -0.182. The first-order chi connectivity index (χ1) is 15.3. The van der Waals surface area contributed by atoms with E-state index in [9.17, 15) is 18.0 Å². The average molecular weight is 436 g/mol. The molecule has 0 spiro atoms. The van der Waals surface area contributed by atoms with Crippen molar-refractivity contribution in [2.45, 2.75) is 19.1 Å². The molecular weight excluding hydrogens is 413 g/mol. The van der Waals surface area contributed by atoms with Gasteiger partial charge in [-0.15, -0.1) is 0 Å². The van der Waals surface area contributed by atoms with Gasteiger partial charge in [-0.3, -0.25) is 4.79 Å². The average Bonchev–Trinajstić information content (AvgIpc) is 2.81. The molecule has 1 aliphatic heterocycles. The van der Waals surface area contributed by atoms with Crippen LogP contribution < -0.4 is 5.32 Å². The summed E-state index contributed by atoms with van der Waals surface area (Å²) < 4.78 is 39.0. The van der Waals surface area contributed by atoms with Gasteiger partial charge in [0, 0.05) is 25.3 Å². The maximum atomic E-state index is 13.0. The molecule has 0 aromatic heterocycles. The van der Waals surface area contributed by atoms with Gasteiger partial charge in [0.1, 0.15) is 0 Å². The molecule has 1 N–H and O–H groups in total. The first kappa shape index (κ1) is 21.8. The molecule has 32 heavy (non-hydrogen) atoms. The highest BCUT2D eigenvalue weighted by molar-refractivity contribution is 5.87. The Morgan fingerprint density at radius 3 is 2.44 bits per heavy atom. The molecule has 1 heterocycles. The van der Waals surface area contributed by atoms with E-state index in [2.05, 4.69) is 11.4 Å². The summed E-state index contributed by atoms with van der Waals surface area (Å²) in [6.45, 7) is 2.26. The number of carbonyl (C=O) groups is 1. The van der Waals surface area contributed by atoms with Crippen LogP contribution in [0.3, 0.4) is 0 Å². The van der Waals surface area contributed by atoms with Gasteiger partial charge in [-0.25, -0.2) is 0 Å². The fraction of sp³-hybridized carbons (Fsp3) is 0.192. The molecule has 1 amide bonds. The van der Waals surface area contributed by atoms with E-state index in [-0.39, 0.29) is 12.6 Å². The van der Waals surface area contributed by atoms with Crippen LogP contribution in [0.15, 0.2) is 90.6 Å². The SMILES string of the molecule is C[C@@H](NCC1=C(c2ccccc2)C=CN(C(=O)C(F)(F)F)C1)c1cccc2ccccc12. The Morgan fingerprint density at radius 1 is 1.00 bits per heavy atom. The number of fused-ring (bicyclic) bond motifs is 1. The van der Waals surface area contributed by atoms with Gasteiger partial charge < -0.3 is 10.2 Å². The van der Waals surface area contributed by atoms with Crippen LogP contribution in [0.1, 0.15) is 24.1 Å². The van der Waals surface area contributed by atoms with Crippen LogP contribution in [-0.4, -0.2) is 30.1 Å². The first-order valence-electron chi connectivity index (χ1n) is 10.4. The van der Waals surface area contributed by atoms with Crippen LogP contribution in [0.25, 0.3) is 16.3 Å². The van der Waals surface area contributed by atoms with Crippen LogP contribution in [0.4, 0.5) is 13.2 Å². The highest BCUT2D eigenvalue weighted by Crippen LogP contribution is 2.29. The fourth-order valence-corrected chi connectivity index (χ4v) is 4.01. The molecule has 3 aromatic rings. The Morgan fingerprint density at radius 2 is 1.69 bits per heavy atom. The molecule has 0 unspecified atom stereocenters. The molecule has 0 saturated heterocycles. The second-order valence-corrected chi connectivity index (χ2v) is 7.80. The highest BCUT2D eigenvalue weighted by Gasteiger charge is 2.42. The van der Waals surface area contributed by atoms with Crippen molar-refractivity contribution in [3.63, 3.8) is 0 Å². The molecule has 3 nitrogen and oxygen atoms in total. The normalized spacial score (nSPS) is 15.3. The predicted molar refractivity (Wildman–Crippen MR) is 121 cm³/mol. The van der Waals surface area contributed by atoms with Crippen molar-refractivity contribution in [3.8, 4) is 0 Å². The first-order valence-corrected chi connectivity index (χ1v) is 10.4. The smallest absolute Gasteiger partial charge is 0.307 e. The van der Waals surface area contributed by atoms with Crippen LogP contribution >= 0.6 is 0 Å². The number of hydrogen-bond donors (Lipinski definition) is 1. The van der Waals surface area contributed by atoms with Crippen LogP contribution in [-0.2, 0) is 4.79 Å². The van der Waals surface area contributed by atoms with E-state index in [1.165, 1.54) is 6.20 Å². The summed E-state index contributed by atoms with van der Waals surface area (Å²) in [5, 5.41) is 5.71. The molecule has 0 aliphatic carbocycles. The highest BCUT2D eigenvalue weighted by atomic mass is 19.4. The van der Waals surface area contributed by atoms with Crippen LogP contribution in [0.2, 0.25) is 0 Å². The van der Waals surface area contributed by atoms with E-state index in [0.717, 1.165) is 37.9 Å². The van der Waals surface area contributed by atoms with Gasteiger partial charge in [0.15, 0.2) is 0 Å². The lowest BCUT2D eigenvalue weighted by atomic mass is 9.96. The minimum atomic E-state index is -4.91. The maximum Gasteiger partial charge on any atom is 0.471 e. The number of allylic oxidation sites excluding steroid dienone is 2. The second kappa shape index (κ2) is 9.01. The van der Waals surface area contributed by atoms with E-state index in [0.29, 0.717) is 6.54 Å². The van der Waals surface area contributed by atoms with Crippen molar-refractivity contribution in [2.75, 3.05) is 13.1 Å². The third kappa shape index (κ3) is 4.60. The molecule has 4 rings (SSSR count). The van der Waals surface area contributed by atoms with Crippen molar-refractivity contribution < 1.29 is 18.0 Å². The van der Waals surface area contributed by atoms with E-state index >= 15 is 0 Å². The van der Waals surface area contributed by atoms with E-state index in [4.69, 9.17) is 0 Å². The fourth-order valence-electron chi connectivity index (χ4n) is 4.01. The van der Waals surface area contributed by atoms with Crippen molar-refractivity contribution in [3.05, 3.63) is 102 Å².